The van der Waals surface area contributed by atoms with Crippen LogP contribution in [0.1, 0.15) is 0 Å². The summed E-state index contributed by atoms with van der Waals surface area (Å²) in [7, 11) is 0. The topological polar surface area (TPSA) is 0 Å². The second kappa shape index (κ2) is 29.9. The van der Waals surface area contributed by atoms with Crippen LogP contribution in [0.15, 0.2) is 0 Å². The molecule has 0 aromatic rings. The van der Waals surface area contributed by atoms with E-state index in [4.69, 9.17) is 0 Å². The van der Waals surface area contributed by atoms with Crippen LogP contribution < -0.4 is 0 Å². The Labute approximate surface area is 86.6 Å². The van der Waals surface area contributed by atoms with E-state index >= 15 is 0 Å². The van der Waals surface area contributed by atoms with Crippen LogP contribution in [-0.4, -0.2) is 0 Å². The van der Waals surface area contributed by atoms with E-state index in [1.807, 2.05) is 0 Å². The van der Waals surface area contributed by atoms with Crippen molar-refractivity contribution in [1.82, 2.24) is 0 Å². The van der Waals surface area contributed by atoms with Crippen molar-refractivity contribution in [2.24, 2.45) is 0 Å². The summed E-state index contributed by atoms with van der Waals surface area (Å²) < 4.78 is 0. The Kier molecular flexibility index (Phi) is 283. The normalized spacial score (nSPS) is 0. The molecule has 0 rings (SSSR count). The third-order valence-corrected chi connectivity index (χ3v) is 0. The van der Waals surface area contributed by atoms with E-state index in [9.17, 15) is 0 Å². The fraction of sp³-hybridized carbons (Fsp3) is 0. The summed E-state index contributed by atoms with van der Waals surface area (Å²) in [5.74, 6) is 0. The van der Waals surface area contributed by atoms with Gasteiger partial charge in [0.15, 0.2) is 0 Å². The van der Waals surface area contributed by atoms with Crippen molar-refractivity contribution in [3.05, 3.63) is 0 Å². The Balaban J connectivity index is 0. The quantitative estimate of drug-likeness (QED) is 0.550. The predicted octanol–water partition coefficient (Wildman–Crippen LogP) is -0.0125. The summed E-state index contributed by atoms with van der Waals surface area (Å²) in [5.41, 5.74) is 0. The molecule has 0 fully saturated rings. The molecule has 0 N–H and O–H groups in total. The number of hydrogen-bond donors (Lipinski definition) is 0. The third kappa shape index (κ3) is 20.3. The van der Waals surface area contributed by atoms with E-state index in [-0.39, 0.29) is 87.8 Å². The van der Waals surface area contributed by atoms with E-state index in [1.165, 1.54) is 0 Å². The van der Waals surface area contributed by atoms with Gasteiger partial charge in [-0.15, -0.1) is 0 Å². The fourth-order valence-electron chi connectivity index (χ4n) is 0. The molecule has 0 aromatic carbocycles. The molecule has 0 atom stereocenters. The summed E-state index contributed by atoms with van der Waals surface area (Å²) in [6.07, 6.45) is 0. The molecular weight excluding hydrogens is 287 g/mol. The average molecular weight is 287 g/mol. The molecule has 0 nitrogen and oxygen atoms in total. The average Bonchev–Trinajstić information content (AvgIpc) is 0. The van der Waals surface area contributed by atoms with Crippen molar-refractivity contribution >= 4 is 0 Å². The molecular formula is CoCrFeMnZn. The minimum atomic E-state index is 0. The Morgan fingerprint density at radius 3 is 1.00 bits per heavy atom. The van der Waals surface area contributed by atoms with Crippen LogP contribution in [0, 0.1) is 0 Å². The monoisotopic (exact) mass is 286 g/mol. The molecule has 0 spiro atoms. The molecule has 0 aliphatic heterocycles. The smallest absolute Gasteiger partial charge is 0 e. The van der Waals surface area contributed by atoms with Crippen LogP contribution in [0.5, 0.6) is 0 Å². The SMILES string of the molecule is [Co].[Cr].[Fe].[Mn].[Zn]. The first-order valence-corrected chi connectivity index (χ1v) is 0. The molecule has 0 saturated heterocycles. The molecule has 0 amide bonds. The predicted molar refractivity (Wildman–Crippen MR) is 0 cm³/mol. The second-order valence-corrected chi connectivity index (χ2v) is 0. The zero-order valence-corrected chi connectivity index (χ0v) is 9.75. The first-order chi connectivity index (χ1) is 0. The Hall–Kier alpha value is 2.70. The van der Waals surface area contributed by atoms with Gasteiger partial charge in [0.2, 0.25) is 0 Å². The molecule has 0 aliphatic carbocycles. The van der Waals surface area contributed by atoms with Crippen molar-refractivity contribution in [2.45, 2.75) is 0 Å². The van der Waals surface area contributed by atoms with E-state index in [0.29, 0.717) is 0 Å². The number of rotatable bonds is 0. The van der Waals surface area contributed by atoms with E-state index in [1.54, 1.807) is 0 Å². The number of hydrogen-bond acceptors (Lipinski definition) is 0. The summed E-state index contributed by atoms with van der Waals surface area (Å²) in [6, 6.07) is 0. The van der Waals surface area contributed by atoms with Gasteiger partial charge in [0.1, 0.15) is 0 Å². The van der Waals surface area contributed by atoms with Gasteiger partial charge in [-0.1, -0.05) is 0 Å². The molecule has 0 saturated carbocycles. The van der Waals surface area contributed by atoms with Crippen molar-refractivity contribution in [3.8, 4) is 0 Å². The molecule has 5 heteroatoms. The maximum atomic E-state index is 0. The van der Waals surface area contributed by atoms with Gasteiger partial charge in [-0.05, 0) is 0 Å². The van der Waals surface area contributed by atoms with Crippen LogP contribution in [0.25, 0.3) is 0 Å². The summed E-state index contributed by atoms with van der Waals surface area (Å²) in [4.78, 5) is 0. The van der Waals surface area contributed by atoms with Gasteiger partial charge in [0.25, 0.3) is 0 Å². The maximum absolute atomic E-state index is 0. The molecule has 0 unspecified atom stereocenters. The molecule has 5 heavy (non-hydrogen) atoms. The van der Waals surface area contributed by atoms with Crippen LogP contribution in [0.3, 0.4) is 0 Å². The van der Waals surface area contributed by atoms with Crippen molar-refractivity contribution in [1.29, 1.82) is 0 Å². The first-order valence-electron chi connectivity index (χ1n) is 0. The Morgan fingerprint density at radius 1 is 1.00 bits per heavy atom. The maximum Gasteiger partial charge on any atom is 0 e. The van der Waals surface area contributed by atoms with Crippen LogP contribution >= 0.6 is 0 Å². The van der Waals surface area contributed by atoms with Crippen LogP contribution in [0.4, 0.5) is 0 Å². The molecule has 0 bridgehead atoms. The van der Waals surface area contributed by atoms with E-state index < -0.39 is 0 Å². The standard InChI is InChI=1S/Co.Cr.Fe.Mn.Zn. The van der Waals surface area contributed by atoms with Crippen molar-refractivity contribution in [2.75, 3.05) is 0 Å². The molecule has 0 aromatic heterocycles. The summed E-state index contributed by atoms with van der Waals surface area (Å²) in [6.45, 7) is 0. The van der Waals surface area contributed by atoms with Gasteiger partial charge in [-0.25, -0.2) is 0 Å². The summed E-state index contributed by atoms with van der Waals surface area (Å²) >= 11 is 0. The van der Waals surface area contributed by atoms with Gasteiger partial charge in [-0.3, -0.25) is 0 Å². The largest absolute Gasteiger partial charge is 0 e. The summed E-state index contributed by atoms with van der Waals surface area (Å²) in [5, 5.41) is 0. The van der Waals surface area contributed by atoms with Crippen LogP contribution in [0.2, 0.25) is 0 Å². The minimum absolute atomic E-state index is 0. The van der Waals surface area contributed by atoms with Crippen molar-refractivity contribution < 1.29 is 87.8 Å². The molecule has 32 valence electrons. The second-order valence-electron chi connectivity index (χ2n) is 0. The Bertz CT molecular complexity index is 11.6. The van der Waals surface area contributed by atoms with Gasteiger partial charge >= 0.3 is 0 Å². The molecule has 2 radical (unpaired) electrons. The van der Waals surface area contributed by atoms with Crippen LogP contribution in [-0.2, 0) is 87.8 Å². The van der Waals surface area contributed by atoms with Crippen molar-refractivity contribution in [3.63, 3.8) is 0 Å². The van der Waals surface area contributed by atoms with Gasteiger partial charge in [0.05, 0.1) is 0 Å². The molecule has 0 aliphatic rings. The first kappa shape index (κ1) is 47.4. The van der Waals surface area contributed by atoms with Gasteiger partial charge in [-0.2, -0.15) is 0 Å². The van der Waals surface area contributed by atoms with Gasteiger partial charge in [0, 0.05) is 87.8 Å². The molecule has 0 heterocycles. The minimum Gasteiger partial charge on any atom is 0 e. The van der Waals surface area contributed by atoms with Gasteiger partial charge < -0.3 is 0 Å². The van der Waals surface area contributed by atoms with E-state index in [2.05, 4.69) is 0 Å². The zero-order valence-electron chi connectivity index (χ0n) is 2.18. The van der Waals surface area contributed by atoms with E-state index in [0.717, 1.165) is 0 Å². The fourth-order valence-corrected chi connectivity index (χ4v) is 0. The Morgan fingerprint density at radius 2 is 1.00 bits per heavy atom. The zero-order chi connectivity index (χ0) is 0. The third-order valence-electron chi connectivity index (χ3n) is 0.